The fourth-order valence-corrected chi connectivity index (χ4v) is 1.44. The van der Waals surface area contributed by atoms with Crippen LogP contribution < -0.4 is 9.47 Å². The fourth-order valence-electron chi connectivity index (χ4n) is 1.44. The molecule has 0 amide bonds. The molecule has 1 unspecified atom stereocenters. The molecule has 0 aromatic heterocycles. The topological polar surface area (TPSA) is 55.8 Å². The van der Waals surface area contributed by atoms with E-state index in [1.807, 2.05) is 0 Å². The Morgan fingerprint density at radius 2 is 2.00 bits per heavy atom. The minimum absolute atomic E-state index is 0.332. The van der Waals surface area contributed by atoms with Crippen molar-refractivity contribution in [3.05, 3.63) is 23.8 Å². The molecule has 0 radical (unpaired) electrons. The van der Waals surface area contributed by atoms with E-state index in [0.29, 0.717) is 23.5 Å². The first-order chi connectivity index (χ1) is 7.96. The molecule has 0 bridgehead atoms. The third-order valence-electron chi connectivity index (χ3n) is 2.83. The summed E-state index contributed by atoms with van der Waals surface area (Å²) in [5, 5.41) is 9.98. The van der Waals surface area contributed by atoms with Crippen molar-refractivity contribution in [2.45, 2.75) is 25.9 Å². The van der Waals surface area contributed by atoms with Gasteiger partial charge in [0.1, 0.15) is 17.1 Å². The number of ether oxygens (including phenoxy) is 2. The van der Waals surface area contributed by atoms with Gasteiger partial charge in [0.05, 0.1) is 19.8 Å². The van der Waals surface area contributed by atoms with Crippen LogP contribution in [0.2, 0.25) is 0 Å². The van der Waals surface area contributed by atoms with E-state index in [-0.39, 0.29) is 5.78 Å². The highest BCUT2D eigenvalue weighted by molar-refractivity contribution is 6.04. The number of carbonyl (C=O) groups excluding carboxylic acids is 1. The zero-order valence-corrected chi connectivity index (χ0v) is 10.6. The Bertz CT molecular complexity index is 410. The molecule has 94 valence electrons. The van der Waals surface area contributed by atoms with Crippen molar-refractivity contribution in [3.63, 3.8) is 0 Å². The van der Waals surface area contributed by atoms with Gasteiger partial charge in [-0.05, 0) is 31.5 Å². The summed E-state index contributed by atoms with van der Waals surface area (Å²) in [5.41, 5.74) is -1.06. The van der Waals surface area contributed by atoms with Crippen LogP contribution in [0, 0.1) is 0 Å². The molecule has 0 spiro atoms. The molecule has 1 atom stereocenters. The third kappa shape index (κ3) is 2.77. The molecule has 0 aliphatic heterocycles. The average molecular weight is 238 g/mol. The second kappa shape index (κ2) is 5.19. The number of Topliss-reactive ketones (excluding diaryl/α,β-unsaturated/α-hetero) is 1. The second-order valence-corrected chi connectivity index (χ2v) is 4.02. The highest BCUT2D eigenvalue weighted by Crippen LogP contribution is 2.28. The number of carbonyl (C=O) groups is 1. The van der Waals surface area contributed by atoms with Crippen molar-refractivity contribution in [2.24, 2.45) is 0 Å². The molecule has 0 heterocycles. The molecule has 17 heavy (non-hydrogen) atoms. The number of benzene rings is 1. The Morgan fingerprint density at radius 3 is 2.47 bits per heavy atom. The highest BCUT2D eigenvalue weighted by atomic mass is 16.5. The number of aliphatic hydroxyl groups is 1. The summed E-state index contributed by atoms with van der Waals surface area (Å²) in [6.07, 6.45) is 0.339. The predicted octanol–water partition coefficient (Wildman–Crippen LogP) is 2.05. The lowest BCUT2D eigenvalue weighted by Crippen LogP contribution is -2.34. The number of hydrogen-bond acceptors (Lipinski definition) is 4. The van der Waals surface area contributed by atoms with Crippen molar-refractivity contribution in [1.82, 2.24) is 0 Å². The average Bonchev–Trinajstić information content (AvgIpc) is 2.36. The smallest absolute Gasteiger partial charge is 0.197 e. The van der Waals surface area contributed by atoms with E-state index < -0.39 is 5.60 Å². The van der Waals surface area contributed by atoms with Crippen LogP contribution in [0.25, 0.3) is 0 Å². The Labute approximate surface area is 101 Å². The van der Waals surface area contributed by atoms with Crippen molar-refractivity contribution < 1.29 is 19.4 Å². The Morgan fingerprint density at radius 1 is 1.35 bits per heavy atom. The van der Waals surface area contributed by atoms with E-state index in [4.69, 9.17) is 9.47 Å². The van der Waals surface area contributed by atoms with E-state index in [9.17, 15) is 9.90 Å². The number of methoxy groups -OCH3 is 2. The van der Waals surface area contributed by atoms with E-state index in [1.54, 1.807) is 25.1 Å². The molecule has 0 aliphatic carbocycles. The van der Waals surface area contributed by atoms with Crippen LogP contribution in [0.1, 0.15) is 30.6 Å². The maximum absolute atomic E-state index is 12.2. The summed E-state index contributed by atoms with van der Waals surface area (Å²) in [5.74, 6) is 0.626. The number of rotatable bonds is 5. The van der Waals surface area contributed by atoms with Crippen LogP contribution in [0.5, 0.6) is 11.5 Å². The molecule has 0 saturated heterocycles. The van der Waals surface area contributed by atoms with Gasteiger partial charge in [0.2, 0.25) is 0 Å². The minimum Gasteiger partial charge on any atom is -0.497 e. The first kappa shape index (κ1) is 13.5. The van der Waals surface area contributed by atoms with Gasteiger partial charge in [-0.3, -0.25) is 4.79 Å². The van der Waals surface area contributed by atoms with Gasteiger partial charge in [-0.25, -0.2) is 0 Å². The first-order valence-electron chi connectivity index (χ1n) is 5.45. The molecular formula is C13H18O4. The summed E-state index contributed by atoms with van der Waals surface area (Å²) in [4.78, 5) is 12.2. The summed E-state index contributed by atoms with van der Waals surface area (Å²) < 4.78 is 10.2. The lowest BCUT2D eigenvalue weighted by atomic mass is 9.92. The third-order valence-corrected chi connectivity index (χ3v) is 2.83. The zero-order valence-electron chi connectivity index (χ0n) is 10.6. The van der Waals surface area contributed by atoms with Crippen LogP contribution in [-0.2, 0) is 0 Å². The van der Waals surface area contributed by atoms with Gasteiger partial charge in [0.15, 0.2) is 5.78 Å². The Hall–Kier alpha value is -1.55. The first-order valence-corrected chi connectivity index (χ1v) is 5.45. The number of hydrogen-bond donors (Lipinski definition) is 1. The molecule has 1 aromatic carbocycles. The van der Waals surface area contributed by atoms with Crippen molar-refractivity contribution in [2.75, 3.05) is 14.2 Å². The maximum Gasteiger partial charge on any atom is 0.197 e. The highest BCUT2D eigenvalue weighted by Gasteiger charge is 2.31. The van der Waals surface area contributed by atoms with Crippen molar-refractivity contribution >= 4 is 5.78 Å². The van der Waals surface area contributed by atoms with E-state index in [2.05, 4.69) is 0 Å². The van der Waals surface area contributed by atoms with Gasteiger partial charge in [-0.15, -0.1) is 0 Å². The standard InChI is InChI=1S/C13H18O4/c1-5-13(2,15)12(14)10-8-9(16-3)6-7-11(10)17-4/h6-8,15H,5H2,1-4H3. The SMILES string of the molecule is CCC(C)(O)C(=O)c1cc(OC)ccc1OC. The molecular weight excluding hydrogens is 220 g/mol. The molecule has 0 saturated carbocycles. The minimum atomic E-state index is -1.39. The summed E-state index contributed by atoms with van der Waals surface area (Å²) in [6.45, 7) is 3.25. The lowest BCUT2D eigenvalue weighted by molar-refractivity contribution is 0.0387. The van der Waals surface area contributed by atoms with E-state index in [1.165, 1.54) is 21.1 Å². The predicted molar refractivity (Wildman–Crippen MR) is 64.8 cm³/mol. The summed E-state index contributed by atoms with van der Waals surface area (Å²) >= 11 is 0. The number of ketones is 1. The van der Waals surface area contributed by atoms with Crippen LogP contribution >= 0.6 is 0 Å². The van der Waals surface area contributed by atoms with Gasteiger partial charge in [-0.2, -0.15) is 0 Å². The van der Waals surface area contributed by atoms with E-state index >= 15 is 0 Å². The van der Waals surface area contributed by atoms with E-state index in [0.717, 1.165) is 0 Å². The quantitative estimate of drug-likeness (QED) is 0.798. The molecule has 4 heteroatoms. The van der Waals surface area contributed by atoms with Gasteiger partial charge >= 0.3 is 0 Å². The second-order valence-electron chi connectivity index (χ2n) is 4.02. The summed E-state index contributed by atoms with van der Waals surface area (Å²) in [6, 6.07) is 4.93. The van der Waals surface area contributed by atoms with Crippen LogP contribution in [0.15, 0.2) is 18.2 Å². The summed E-state index contributed by atoms with van der Waals surface area (Å²) in [7, 11) is 3.01. The van der Waals surface area contributed by atoms with Gasteiger partial charge in [0, 0.05) is 0 Å². The molecule has 1 rings (SSSR count). The van der Waals surface area contributed by atoms with Crippen LogP contribution in [0.3, 0.4) is 0 Å². The van der Waals surface area contributed by atoms with Crippen molar-refractivity contribution in [3.8, 4) is 11.5 Å². The molecule has 4 nitrogen and oxygen atoms in total. The van der Waals surface area contributed by atoms with Gasteiger partial charge < -0.3 is 14.6 Å². The molecule has 0 fully saturated rings. The van der Waals surface area contributed by atoms with Crippen LogP contribution in [0.4, 0.5) is 0 Å². The van der Waals surface area contributed by atoms with Crippen molar-refractivity contribution in [1.29, 1.82) is 0 Å². The zero-order chi connectivity index (χ0) is 13.1. The van der Waals surface area contributed by atoms with Gasteiger partial charge in [-0.1, -0.05) is 6.92 Å². The fraction of sp³-hybridized carbons (Fsp3) is 0.462. The monoisotopic (exact) mass is 238 g/mol. The Balaban J connectivity index is 3.23. The molecule has 0 aliphatic rings. The molecule has 1 N–H and O–H groups in total. The molecule has 1 aromatic rings. The normalized spacial score (nSPS) is 13.9. The maximum atomic E-state index is 12.2. The largest absolute Gasteiger partial charge is 0.497 e. The Kier molecular flexibility index (Phi) is 4.12. The van der Waals surface area contributed by atoms with Crippen LogP contribution in [-0.4, -0.2) is 30.7 Å². The lowest BCUT2D eigenvalue weighted by Gasteiger charge is -2.21. The van der Waals surface area contributed by atoms with Gasteiger partial charge in [0.25, 0.3) is 0 Å².